The standard InChI is InChI=1S/C23H31N3S2/c1-6-17(5)25-23(24)27-15-19-11-14-21(18(7-2)8-3)28-22(19)26-20-12-9-16(4)10-13-20/h6,9-10,12-13,15H,7-8,11,14H2,1-5H3,(H2,24,25)/b17-6-,19-15+,26-22?. The van der Waals surface area contributed by atoms with E-state index in [-0.39, 0.29) is 0 Å². The highest BCUT2D eigenvalue weighted by Crippen LogP contribution is 2.40. The Morgan fingerprint density at radius 1 is 1.18 bits per heavy atom. The summed E-state index contributed by atoms with van der Waals surface area (Å²) < 4.78 is 0. The number of thioether (sulfide) groups is 2. The molecule has 5 heteroatoms. The van der Waals surface area contributed by atoms with Crippen molar-refractivity contribution in [1.82, 2.24) is 0 Å². The Morgan fingerprint density at radius 3 is 2.46 bits per heavy atom. The van der Waals surface area contributed by atoms with Crippen LogP contribution in [0.2, 0.25) is 0 Å². The number of aryl methyl sites for hydroxylation is 1. The van der Waals surface area contributed by atoms with E-state index in [1.807, 2.05) is 31.7 Å². The Labute approximate surface area is 178 Å². The summed E-state index contributed by atoms with van der Waals surface area (Å²) in [5, 5.41) is 3.76. The second kappa shape index (κ2) is 11.3. The van der Waals surface area contributed by atoms with Gasteiger partial charge in [0.1, 0.15) is 5.04 Å². The average molecular weight is 414 g/mol. The molecule has 150 valence electrons. The van der Waals surface area contributed by atoms with Crippen LogP contribution in [0, 0.1) is 6.92 Å². The van der Waals surface area contributed by atoms with Gasteiger partial charge in [0.05, 0.1) is 5.69 Å². The summed E-state index contributed by atoms with van der Waals surface area (Å²) in [5.74, 6) is 0. The van der Waals surface area contributed by atoms with Crippen molar-refractivity contribution in [2.24, 2.45) is 15.7 Å². The van der Waals surface area contributed by atoms with Gasteiger partial charge in [-0.1, -0.05) is 66.7 Å². The van der Waals surface area contributed by atoms with E-state index < -0.39 is 0 Å². The molecule has 0 aromatic heterocycles. The lowest BCUT2D eigenvalue weighted by Gasteiger charge is -2.22. The summed E-state index contributed by atoms with van der Waals surface area (Å²) in [6.45, 7) is 10.5. The predicted octanol–water partition coefficient (Wildman–Crippen LogP) is 7.48. The number of benzene rings is 1. The van der Waals surface area contributed by atoms with Gasteiger partial charge in [0.2, 0.25) is 0 Å². The van der Waals surface area contributed by atoms with Crippen LogP contribution >= 0.6 is 23.5 Å². The Balaban J connectivity index is 2.35. The van der Waals surface area contributed by atoms with Crippen LogP contribution in [0.5, 0.6) is 0 Å². The van der Waals surface area contributed by atoms with Gasteiger partial charge >= 0.3 is 0 Å². The van der Waals surface area contributed by atoms with Crippen LogP contribution in [-0.2, 0) is 0 Å². The van der Waals surface area contributed by atoms with Crippen LogP contribution in [0.15, 0.2) is 67.5 Å². The highest BCUT2D eigenvalue weighted by molar-refractivity contribution is 8.18. The molecule has 0 aliphatic carbocycles. The predicted molar refractivity (Wildman–Crippen MR) is 129 cm³/mol. The van der Waals surface area contributed by atoms with E-state index in [4.69, 9.17) is 10.7 Å². The maximum Gasteiger partial charge on any atom is 0.163 e. The molecule has 1 aromatic rings. The summed E-state index contributed by atoms with van der Waals surface area (Å²) >= 11 is 3.30. The first kappa shape index (κ1) is 22.6. The van der Waals surface area contributed by atoms with Gasteiger partial charge in [-0.2, -0.15) is 0 Å². The summed E-state index contributed by atoms with van der Waals surface area (Å²) in [7, 11) is 0. The fraction of sp³-hybridized carbons (Fsp3) is 0.391. The van der Waals surface area contributed by atoms with E-state index in [2.05, 4.69) is 55.4 Å². The molecule has 1 saturated heterocycles. The lowest BCUT2D eigenvalue weighted by molar-refractivity contribution is 0.913. The third-order valence-corrected chi connectivity index (χ3v) is 6.68. The van der Waals surface area contributed by atoms with Crippen molar-refractivity contribution < 1.29 is 0 Å². The molecule has 0 radical (unpaired) electrons. The molecular weight excluding hydrogens is 382 g/mol. The minimum Gasteiger partial charge on any atom is -0.378 e. The van der Waals surface area contributed by atoms with Gasteiger partial charge in [0.15, 0.2) is 5.17 Å². The van der Waals surface area contributed by atoms with E-state index in [0.717, 1.165) is 42.1 Å². The van der Waals surface area contributed by atoms with Gasteiger partial charge in [0.25, 0.3) is 0 Å². The maximum atomic E-state index is 6.07. The number of nitrogens with zero attached hydrogens (tertiary/aromatic N) is 2. The molecule has 2 rings (SSSR count). The van der Waals surface area contributed by atoms with Crippen molar-refractivity contribution in [3.8, 4) is 0 Å². The molecule has 3 nitrogen and oxygen atoms in total. The topological polar surface area (TPSA) is 50.7 Å². The summed E-state index contributed by atoms with van der Waals surface area (Å²) in [6.07, 6.45) is 6.22. The largest absolute Gasteiger partial charge is 0.378 e. The number of aliphatic imine (C=N–C) groups is 2. The minimum atomic E-state index is 0.562. The summed E-state index contributed by atoms with van der Waals surface area (Å²) in [4.78, 5) is 10.8. The Morgan fingerprint density at radius 2 is 1.86 bits per heavy atom. The average Bonchev–Trinajstić information content (AvgIpc) is 2.70. The van der Waals surface area contributed by atoms with Gasteiger partial charge in [-0.15, -0.1) is 0 Å². The molecular formula is C23H31N3S2. The fourth-order valence-corrected chi connectivity index (χ4v) is 4.90. The highest BCUT2D eigenvalue weighted by Gasteiger charge is 2.20. The Kier molecular flexibility index (Phi) is 9.13. The smallest absolute Gasteiger partial charge is 0.163 e. The van der Waals surface area contributed by atoms with E-state index in [0.29, 0.717) is 5.17 Å². The lowest BCUT2D eigenvalue weighted by Crippen LogP contribution is -2.09. The van der Waals surface area contributed by atoms with Crippen molar-refractivity contribution in [3.05, 3.63) is 63.1 Å². The number of amidine groups is 1. The normalized spacial score (nSPS) is 18.8. The van der Waals surface area contributed by atoms with Gasteiger partial charge < -0.3 is 5.73 Å². The molecule has 2 N–H and O–H groups in total. The first-order chi connectivity index (χ1) is 13.5. The maximum absolute atomic E-state index is 6.07. The fourth-order valence-electron chi connectivity index (χ4n) is 2.82. The first-order valence-corrected chi connectivity index (χ1v) is 11.5. The molecule has 1 heterocycles. The quantitative estimate of drug-likeness (QED) is 0.402. The highest BCUT2D eigenvalue weighted by atomic mass is 32.2. The van der Waals surface area contributed by atoms with Crippen LogP contribution in [0.25, 0.3) is 0 Å². The van der Waals surface area contributed by atoms with Crippen molar-refractivity contribution in [2.75, 3.05) is 0 Å². The molecule has 0 atom stereocenters. The lowest BCUT2D eigenvalue weighted by atomic mass is 10.1. The zero-order valence-electron chi connectivity index (χ0n) is 17.6. The molecule has 0 amide bonds. The van der Waals surface area contributed by atoms with Crippen molar-refractivity contribution >= 4 is 39.4 Å². The second-order valence-corrected chi connectivity index (χ2v) is 8.70. The molecule has 1 fully saturated rings. The van der Waals surface area contributed by atoms with Crippen LogP contribution in [0.4, 0.5) is 5.69 Å². The summed E-state index contributed by atoms with van der Waals surface area (Å²) in [6, 6.07) is 8.38. The molecule has 1 aliphatic rings. The second-order valence-electron chi connectivity index (χ2n) is 6.73. The molecule has 0 unspecified atom stereocenters. The van der Waals surface area contributed by atoms with Crippen LogP contribution in [0.3, 0.4) is 0 Å². The molecule has 1 aliphatic heterocycles. The Bertz CT molecular complexity index is 822. The van der Waals surface area contributed by atoms with Crippen LogP contribution in [0.1, 0.15) is 58.9 Å². The van der Waals surface area contributed by atoms with Crippen molar-refractivity contribution in [3.63, 3.8) is 0 Å². The number of rotatable bonds is 5. The Hall–Kier alpha value is -1.72. The van der Waals surface area contributed by atoms with Crippen LogP contribution in [-0.4, -0.2) is 10.2 Å². The zero-order valence-corrected chi connectivity index (χ0v) is 19.2. The SMILES string of the molecule is C/C=C(/C)N=C(N)S/C=C1\CCC(=C(CC)CC)SC1=Nc1ccc(C)cc1. The van der Waals surface area contributed by atoms with Crippen LogP contribution < -0.4 is 5.73 Å². The number of allylic oxidation sites excluding steroid dienone is 4. The van der Waals surface area contributed by atoms with E-state index in [9.17, 15) is 0 Å². The minimum absolute atomic E-state index is 0.562. The molecule has 0 bridgehead atoms. The van der Waals surface area contributed by atoms with E-state index in [1.54, 1.807) is 0 Å². The van der Waals surface area contributed by atoms with Gasteiger partial charge in [0, 0.05) is 5.70 Å². The monoisotopic (exact) mass is 413 g/mol. The van der Waals surface area contributed by atoms with Gasteiger partial charge in [-0.3, -0.25) is 0 Å². The number of nitrogens with two attached hydrogens (primary N) is 1. The summed E-state index contributed by atoms with van der Waals surface area (Å²) in [5.41, 5.74) is 12.0. The molecule has 0 saturated carbocycles. The zero-order chi connectivity index (χ0) is 20.5. The third kappa shape index (κ3) is 6.71. The first-order valence-electron chi connectivity index (χ1n) is 9.84. The molecule has 28 heavy (non-hydrogen) atoms. The van der Waals surface area contributed by atoms with E-state index >= 15 is 0 Å². The van der Waals surface area contributed by atoms with Gasteiger partial charge in [-0.25, -0.2) is 9.98 Å². The molecule has 0 spiro atoms. The number of hydrogen-bond donors (Lipinski definition) is 1. The van der Waals surface area contributed by atoms with Crippen molar-refractivity contribution in [2.45, 2.75) is 60.3 Å². The van der Waals surface area contributed by atoms with E-state index in [1.165, 1.54) is 33.4 Å². The number of hydrogen-bond acceptors (Lipinski definition) is 4. The van der Waals surface area contributed by atoms with Gasteiger partial charge in [-0.05, 0) is 74.5 Å². The van der Waals surface area contributed by atoms with Crippen molar-refractivity contribution in [1.29, 1.82) is 0 Å². The third-order valence-electron chi connectivity index (χ3n) is 4.65. The molecule has 1 aromatic carbocycles.